The smallest absolute Gasteiger partial charge is 1.00 e. The average Bonchev–Trinajstić information content (AvgIpc) is 2.94. The summed E-state index contributed by atoms with van der Waals surface area (Å²) < 4.78 is 0. The van der Waals surface area contributed by atoms with Crippen LogP contribution in [-0.4, -0.2) is 0 Å². The summed E-state index contributed by atoms with van der Waals surface area (Å²) in [5.74, 6) is 0. The molecule has 2 rings (SSSR count). The van der Waals surface area contributed by atoms with Crippen LogP contribution in [0.15, 0.2) is 28.9 Å². The maximum Gasteiger partial charge on any atom is 4.00 e. The largest absolute Gasteiger partial charge is 4.00 e. The van der Waals surface area contributed by atoms with Crippen LogP contribution in [0.1, 0.15) is 72.1 Å². The minimum atomic E-state index is 0. The normalized spacial score (nSPS) is 14.6. The summed E-state index contributed by atoms with van der Waals surface area (Å²) in [4.78, 5) is 0. The molecule has 0 radical (unpaired) electrons. The molecule has 134 valence electrons. The maximum atomic E-state index is 3.44. The van der Waals surface area contributed by atoms with Crippen LogP contribution in [0.2, 0.25) is 0 Å². The van der Waals surface area contributed by atoms with Crippen molar-refractivity contribution in [2.75, 3.05) is 0 Å². The molecule has 0 aliphatic heterocycles. The molecule has 0 unspecified atom stereocenters. The zero-order chi connectivity index (χ0) is 16.2. The Kier molecular flexibility index (Phi) is 15.3. The van der Waals surface area contributed by atoms with E-state index in [2.05, 4.69) is 73.6 Å². The van der Waals surface area contributed by atoms with Gasteiger partial charge in [-0.15, -0.1) is 6.92 Å². The van der Waals surface area contributed by atoms with E-state index >= 15 is 0 Å². The first kappa shape index (κ1) is 29.1. The van der Waals surface area contributed by atoms with Crippen LogP contribution in [0.5, 0.6) is 0 Å². The molecule has 0 saturated heterocycles. The van der Waals surface area contributed by atoms with Gasteiger partial charge in [0.1, 0.15) is 0 Å². The van der Waals surface area contributed by atoms with E-state index in [1.54, 1.807) is 11.1 Å². The molecular weight excluding hydrogens is 414 g/mol. The monoisotopic (exact) mass is 444 g/mol. The van der Waals surface area contributed by atoms with Crippen molar-refractivity contribution in [3.63, 3.8) is 0 Å². The molecule has 0 heterocycles. The summed E-state index contributed by atoms with van der Waals surface area (Å²) in [5.41, 5.74) is 8.98. The van der Waals surface area contributed by atoms with Gasteiger partial charge in [0.15, 0.2) is 0 Å². The molecule has 0 nitrogen and oxygen atoms in total. The molecule has 0 aromatic heterocycles. The summed E-state index contributed by atoms with van der Waals surface area (Å²) >= 11 is 0. The van der Waals surface area contributed by atoms with Gasteiger partial charge in [0.2, 0.25) is 0 Å². The van der Waals surface area contributed by atoms with E-state index in [9.17, 15) is 0 Å². The number of rotatable bonds is 3. The third-order valence-electron chi connectivity index (χ3n) is 4.86. The zero-order valence-electron chi connectivity index (χ0n) is 16.5. The first-order chi connectivity index (χ1) is 9.76. The van der Waals surface area contributed by atoms with Crippen LogP contribution in [0.4, 0.5) is 0 Å². The van der Waals surface area contributed by atoms with Crippen molar-refractivity contribution in [2.45, 2.75) is 74.7 Å². The van der Waals surface area contributed by atoms with E-state index < -0.39 is 0 Å². The van der Waals surface area contributed by atoms with Crippen molar-refractivity contribution < 1.29 is 51.0 Å². The molecule has 24 heavy (non-hydrogen) atoms. The van der Waals surface area contributed by atoms with Gasteiger partial charge in [0.25, 0.3) is 0 Å². The number of allylic oxidation sites excluding steroid dienone is 4. The molecule has 1 aliphatic rings. The van der Waals surface area contributed by atoms with Crippen LogP contribution in [0, 0.1) is 11.5 Å². The van der Waals surface area contributed by atoms with Gasteiger partial charge in [-0.25, -0.2) is 11.6 Å². The van der Waals surface area contributed by atoms with Gasteiger partial charge in [0, 0.05) is 0 Å². The van der Waals surface area contributed by atoms with Gasteiger partial charge in [-0.3, -0.25) is 6.08 Å². The molecule has 0 N–H and O–H groups in total. The Morgan fingerprint density at radius 3 is 1.75 bits per heavy atom. The fraction of sp³-hybridized carbons (Fsp3) is 0.571. The Bertz CT molecular complexity index is 527. The van der Waals surface area contributed by atoms with Crippen molar-refractivity contribution >= 4 is 0 Å². The second-order valence-corrected chi connectivity index (χ2v) is 6.60. The SMILES string of the molecule is CC1=[C-]C(C)(C)C(C)=C1C.CCc1cc(CC)[c-](CC)c1.[Cl-].[Cl-].[Zr+4]. The second kappa shape index (κ2) is 12.6. The fourth-order valence-corrected chi connectivity index (χ4v) is 2.94. The van der Waals surface area contributed by atoms with Crippen molar-refractivity contribution in [1.82, 2.24) is 0 Å². The Morgan fingerprint density at radius 1 is 1.00 bits per heavy atom. The Hall–Kier alpha value is 0.293. The standard InChI is InChI=1S/C11H17.C10H15.2ClH.Zr/c1-4-9-7-10(5-2)11(6-3)8-9;1-7-6-10(4,5)9(3)8(7)2;;;/h7-8H,4-6H2,1-3H3;1-5H3;2*1H;/q2*-1;;;+4/p-2. The van der Waals surface area contributed by atoms with E-state index in [4.69, 9.17) is 0 Å². The molecule has 0 spiro atoms. The Morgan fingerprint density at radius 2 is 1.54 bits per heavy atom. The summed E-state index contributed by atoms with van der Waals surface area (Å²) in [6, 6.07) is 4.69. The van der Waals surface area contributed by atoms with Crippen LogP contribution < -0.4 is 24.8 Å². The zero-order valence-corrected chi connectivity index (χ0v) is 20.5. The van der Waals surface area contributed by atoms with Gasteiger partial charge in [-0.05, 0) is 0 Å². The third kappa shape index (κ3) is 7.27. The molecule has 0 fully saturated rings. The first-order valence-corrected chi connectivity index (χ1v) is 8.34. The molecule has 0 saturated carbocycles. The van der Waals surface area contributed by atoms with Crippen molar-refractivity contribution in [3.8, 4) is 0 Å². The third-order valence-corrected chi connectivity index (χ3v) is 4.86. The Balaban J connectivity index is -0.000000328. The van der Waals surface area contributed by atoms with Crippen molar-refractivity contribution in [2.24, 2.45) is 5.41 Å². The molecular formula is C21H32Cl2Zr. The minimum Gasteiger partial charge on any atom is -1.00 e. The minimum absolute atomic E-state index is 0. The number of hydrogen-bond acceptors (Lipinski definition) is 0. The predicted octanol–water partition coefficient (Wildman–Crippen LogP) is 0.210. The molecule has 0 bridgehead atoms. The van der Waals surface area contributed by atoms with E-state index in [0.717, 1.165) is 0 Å². The van der Waals surface area contributed by atoms with E-state index in [-0.39, 0.29) is 56.4 Å². The molecule has 1 aromatic carbocycles. The average molecular weight is 447 g/mol. The van der Waals surface area contributed by atoms with Crippen molar-refractivity contribution in [3.05, 3.63) is 51.6 Å². The number of halogens is 2. The number of hydrogen-bond donors (Lipinski definition) is 0. The molecule has 0 amide bonds. The Labute approximate surface area is 181 Å². The first-order valence-electron chi connectivity index (χ1n) is 8.34. The van der Waals surface area contributed by atoms with Crippen LogP contribution in [0.3, 0.4) is 0 Å². The van der Waals surface area contributed by atoms with Crippen LogP contribution in [0.25, 0.3) is 0 Å². The van der Waals surface area contributed by atoms with Gasteiger partial charge >= 0.3 is 26.2 Å². The number of aryl methyl sites for hydroxylation is 3. The summed E-state index contributed by atoms with van der Waals surface area (Å²) in [6.45, 7) is 17.6. The van der Waals surface area contributed by atoms with Crippen LogP contribution in [-0.2, 0) is 45.5 Å². The van der Waals surface area contributed by atoms with Gasteiger partial charge in [-0.2, -0.15) is 33.9 Å². The fourth-order valence-electron chi connectivity index (χ4n) is 2.94. The summed E-state index contributed by atoms with van der Waals surface area (Å²) in [7, 11) is 0. The van der Waals surface area contributed by atoms with Gasteiger partial charge in [-0.1, -0.05) is 73.1 Å². The molecule has 1 aliphatic carbocycles. The molecule has 1 aromatic rings. The quantitative estimate of drug-likeness (QED) is 0.583. The van der Waals surface area contributed by atoms with E-state index in [1.807, 2.05) is 0 Å². The summed E-state index contributed by atoms with van der Waals surface area (Å²) in [5, 5.41) is 0. The van der Waals surface area contributed by atoms with E-state index in [0.29, 0.717) is 0 Å². The molecule has 3 heteroatoms. The molecule has 0 atom stereocenters. The predicted molar refractivity (Wildman–Crippen MR) is 94.8 cm³/mol. The topological polar surface area (TPSA) is 0 Å². The summed E-state index contributed by atoms with van der Waals surface area (Å²) in [6.07, 6.45) is 6.98. The second-order valence-electron chi connectivity index (χ2n) is 6.60. The van der Waals surface area contributed by atoms with Crippen molar-refractivity contribution in [1.29, 1.82) is 0 Å². The van der Waals surface area contributed by atoms with Crippen LogP contribution >= 0.6 is 0 Å². The maximum absolute atomic E-state index is 3.44. The van der Waals surface area contributed by atoms with Gasteiger partial charge in [0.05, 0.1) is 0 Å². The van der Waals surface area contributed by atoms with Gasteiger partial charge < -0.3 is 24.8 Å². The van der Waals surface area contributed by atoms with E-state index in [1.165, 1.54) is 41.5 Å².